The summed E-state index contributed by atoms with van der Waals surface area (Å²) < 4.78 is 52.3. The van der Waals surface area contributed by atoms with E-state index < -0.39 is 79.9 Å². The largest absolute Gasteiger partial charge is 0.462 e. The van der Waals surface area contributed by atoms with E-state index in [1.165, 1.54) is 13.8 Å². The van der Waals surface area contributed by atoms with Gasteiger partial charge < -0.3 is 34.7 Å². The standard InChI is InChI=1S/C23H36F2N7O8PS/c1-10(2)38-20(35)12(5)30-41(42,31-13(6)21(36)39-11(3)4)37-7-23(22(24)25)16(34)15(33)19(40-23)32-9-29-14-17(26)27-8-28-18(14)32/h8-13,15-16,19,22,33-34H,7H2,1-6H3,(H2,26,27,28)(H2,30,31,42). The number of rotatable bonds is 13. The molecule has 6 atom stereocenters. The fourth-order valence-electron chi connectivity index (χ4n) is 4.04. The molecule has 0 saturated carbocycles. The quantitative estimate of drug-likeness (QED) is 0.152. The van der Waals surface area contributed by atoms with E-state index >= 15 is 0 Å². The molecule has 236 valence electrons. The van der Waals surface area contributed by atoms with Gasteiger partial charge in [0.2, 0.25) is 0 Å². The Kier molecular flexibility index (Phi) is 10.9. The Bertz CT molecular complexity index is 1290. The molecule has 0 aliphatic carbocycles. The second kappa shape index (κ2) is 13.5. The minimum Gasteiger partial charge on any atom is -0.462 e. The summed E-state index contributed by atoms with van der Waals surface area (Å²) in [5, 5.41) is 27.2. The Labute approximate surface area is 245 Å². The average Bonchev–Trinajstić information content (AvgIpc) is 3.42. The second-order valence-corrected chi connectivity index (χ2v) is 13.7. The first-order chi connectivity index (χ1) is 19.5. The van der Waals surface area contributed by atoms with Crippen LogP contribution in [0.25, 0.3) is 11.2 Å². The first-order valence-electron chi connectivity index (χ1n) is 13.0. The Balaban J connectivity index is 1.91. The number of nitrogen functional groups attached to an aromatic ring is 1. The number of nitrogens with zero attached hydrogens (tertiary/aromatic N) is 4. The summed E-state index contributed by atoms with van der Waals surface area (Å²) in [6.45, 7) is 4.53. The maximum Gasteiger partial charge on any atom is 0.323 e. The molecule has 19 heteroatoms. The van der Waals surface area contributed by atoms with E-state index in [-0.39, 0.29) is 17.0 Å². The summed E-state index contributed by atoms with van der Waals surface area (Å²) in [6.07, 6.45) is -7.74. The minimum absolute atomic E-state index is 0.00306. The molecular weight excluding hydrogens is 603 g/mol. The maximum absolute atomic E-state index is 14.7. The third kappa shape index (κ3) is 7.37. The van der Waals surface area contributed by atoms with Crippen molar-refractivity contribution in [2.75, 3.05) is 12.3 Å². The molecule has 1 aliphatic heterocycles. The van der Waals surface area contributed by atoms with Crippen molar-refractivity contribution < 1.29 is 47.3 Å². The predicted octanol–water partition coefficient (Wildman–Crippen LogP) is 0.764. The van der Waals surface area contributed by atoms with Crippen LogP contribution in [0.1, 0.15) is 47.8 Å². The third-order valence-corrected chi connectivity index (χ3v) is 8.99. The van der Waals surface area contributed by atoms with Gasteiger partial charge in [0.1, 0.15) is 36.1 Å². The zero-order valence-corrected chi connectivity index (χ0v) is 25.5. The maximum atomic E-state index is 14.7. The van der Waals surface area contributed by atoms with Gasteiger partial charge in [-0.2, -0.15) is 0 Å². The highest BCUT2D eigenvalue weighted by atomic mass is 32.4. The number of aliphatic hydroxyl groups is 2. The van der Waals surface area contributed by atoms with Gasteiger partial charge >= 0.3 is 11.9 Å². The first kappa shape index (κ1) is 34.1. The smallest absolute Gasteiger partial charge is 0.323 e. The van der Waals surface area contributed by atoms with Crippen molar-refractivity contribution in [3.8, 4) is 0 Å². The van der Waals surface area contributed by atoms with Crippen LogP contribution in [0.2, 0.25) is 0 Å². The van der Waals surface area contributed by atoms with Crippen LogP contribution < -0.4 is 15.9 Å². The molecule has 0 radical (unpaired) electrons. The van der Waals surface area contributed by atoms with Crippen LogP contribution in [0.3, 0.4) is 0 Å². The number of anilines is 1. The van der Waals surface area contributed by atoms with E-state index in [0.29, 0.717) is 0 Å². The summed E-state index contributed by atoms with van der Waals surface area (Å²) >= 11 is 5.61. The van der Waals surface area contributed by atoms with Gasteiger partial charge in [-0.1, -0.05) is 0 Å². The predicted molar refractivity (Wildman–Crippen MR) is 148 cm³/mol. The number of ether oxygens (including phenoxy) is 3. The normalized spacial score (nSPS) is 25.6. The van der Waals surface area contributed by atoms with Gasteiger partial charge in [-0.3, -0.25) is 14.2 Å². The lowest BCUT2D eigenvalue weighted by molar-refractivity contribution is -0.190. The number of aliphatic hydroxyl groups excluding tert-OH is 2. The van der Waals surface area contributed by atoms with Crippen molar-refractivity contribution in [3.05, 3.63) is 12.7 Å². The van der Waals surface area contributed by atoms with Crippen LogP contribution in [-0.2, 0) is 40.1 Å². The number of imidazole rings is 1. The monoisotopic (exact) mass is 639 g/mol. The van der Waals surface area contributed by atoms with E-state index in [1.54, 1.807) is 27.7 Å². The van der Waals surface area contributed by atoms with Gasteiger partial charge in [-0.05, 0) is 53.3 Å². The van der Waals surface area contributed by atoms with Crippen molar-refractivity contribution in [1.29, 1.82) is 0 Å². The Morgan fingerprint density at radius 2 is 1.64 bits per heavy atom. The molecule has 2 aromatic rings. The Hall–Kier alpha value is -2.44. The highest BCUT2D eigenvalue weighted by molar-refractivity contribution is 8.10. The molecule has 15 nitrogen and oxygen atoms in total. The van der Waals surface area contributed by atoms with Crippen molar-refractivity contribution >= 4 is 47.3 Å². The zero-order valence-electron chi connectivity index (χ0n) is 23.8. The van der Waals surface area contributed by atoms with Gasteiger partial charge in [-0.25, -0.2) is 33.9 Å². The Morgan fingerprint density at radius 3 is 2.14 bits per heavy atom. The van der Waals surface area contributed by atoms with E-state index in [0.717, 1.165) is 17.2 Å². The van der Waals surface area contributed by atoms with Gasteiger partial charge in [0.15, 0.2) is 29.9 Å². The summed E-state index contributed by atoms with van der Waals surface area (Å²) in [5.41, 5.74) is 3.18. The molecule has 2 aromatic heterocycles. The van der Waals surface area contributed by atoms with E-state index in [2.05, 4.69) is 25.1 Å². The molecule has 0 aromatic carbocycles. The highest BCUT2D eigenvalue weighted by Gasteiger charge is 2.61. The average molecular weight is 640 g/mol. The van der Waals surface area contributed by atoms with Crippen LogP contribution in [-0.4, -0.2) is 96.8 Å². The molecule has 6 N–H and O–H groups in total. The number of fused-ring (bicyclic) bond motifs is 1. The summed E-state index contributed by atoms with van der Waals surface area (Å²) in [6, 6.07) is -2.20. The highest BCUT2D eigenvalue weighted by Crippen LogP contribution is 2.47. The van der Waals surface area contributed by atoms with Crippen LogP contribution in [0.5, 0.6) is 0 Å². The number of aromatic nitrogens is 4. The van der Waals surface area contributed by atoms with Crippen LogP contribution in [0, 0.1) is 0 Å². The molecule has 3 rings (SSSR count). The number of nitrogens with two attached hydrogens (primary N) is 1. The molecule has 0 amide bonds. The lowest BCUT2D eigenvalue weighted by Gasteiger charge is -2.35. The van der Waals surface area contributed by atoms with E-state index in [9.17, 15) is 28.6 Å². The molecule has 0 bridgehead atoms. The Morgan fingerprint density at radius 1 is 1.10 bits per heavy atom. The van der Waals surface area contributed by atoms with Gasteiger partial charge in [0.25, 0.3) is 6.43 Å². The van der Waals surface area contributed by atoms with Crippen molar-refractivity contribution in [1.82, 2.24) is 29.7 Å². The topological polar surface area (TPSA) is 205 Å². The fourth-order valence-corrected chi connectivity index (χ4v) is 6.98. The van der Waals surface area contributed by atoms with Crippen LogP contribution in [0.15, 0.2) is 12.7 Å². The number of carbonyl (C=O) groups is 2. The fraction of sp³-hybridized carbons (Fsp3) is 0.696. The SMILES string of the molecule is CC(C)OC(=O)C(C)NP(=S)(NC(C)C(=O)OC(C)C)OCC1(C(F)F)OC(n2cnc3c(N)ncnc32)C(O)C1O. The van der Waals surface area contributed by atoms with Gasteiger partial charge in [0.05, 0.1) is 25.1 Å². The third-order valence-electron chi connectivity index (χ3n) is 6.10. The number of hydrogen-bond donors (Lipinski definition) is 5. The minimum atomic E-state index is -3.76. The molecule has 0 spiro atoms. The van der Waals surface area contributed by atoms with Gasteiger partial charge in [-0.15, -0.1) is 0 Å². The molecule has 6 unspecified atom stereocenters. The number of alkyl halides is 2. The summed E-state index contributed by atoms with van der Waals surface area (Å²) in [5.74, 6) is -1.43. The number of hydrogen-bond acceptors (Lipinski definition) is 13. The van der Waals surface area contributed by atoms with Crippen molar-refractivity contribution in [2.24, 2.45) is 0 Å². The number of nitrogens with one attached hydrogen (secondary N) is 2. The van der Waals surface area contributed by atoms with Crippen LogP contribution >= 0.6 is 6.57 Å². The van der Waals surface area contributed by atoms with E-state index in [4.69, 9.17) is 36.3 Å². The first-order valence-corrected chi connectivity index (χ1v) is 15.7. The molecule has 3 heterocycles. The second-order valence-electron chi connectivity index (χ2n) is 10.3. The number of esters is 2. The van der Waals surface area contributed by atoms with E-state index in [1.807, 2.05) is 0 Å². The van der Waals surface area contributed by atoms with Crippen molar-refractivity contribution in [2.45, 2.75) is 96.3 Å². The lowest BCUT2D eigenvalue weighted by Crippen LogP contribution is -2.53. The molecule has 42 heavy (non-hydrogen) atoms. The molecular formula is C23H36F2N7O8PS. The zero-order chi connectivity index (χ0) is 31.6. The molecule has 1 fully saturated rings. The molecule has 1 saturated heterocycles. The van der Waals surface area contributed by atoms with Crippen LogP contribution in [0.4, 0.5) is 14.6 Å². The van der Waals surface area contributed by atoms with Gasteiger partial charge in [0, 0.05) is 0 Å². The van der Waals surface area contributed by atoms with Crippen molar-refractivity contribution in [3.63, 3.8) is 0 Å². The summed E-state index contributed by atoms with van der Waals surface area (Å²) in [7, 11) is 0. The molecule has 1 aliphatic rings. The lowest BCUT2D eigenvalue weighted by atomic mass is 9.96. The number of halogens is 2. The summed E-state index contributed by atoms with van der Waals surface area (Å²) in [4.78, 5) is 36.9. The number of carbonyl (C=O) groups excluding carboxylic acids is 2.